The molecule has 1 unspecified atom stereocenters. The highest BCUT2D eigenvalue weighted by Gasteiger charge is 2.34. The third-order valence-corrected chi connectivity index (χ3v) is 9.09. The average Bonchev–Trinajstić information content (AvgIpc) is 3.24. The van der Waals surface area contributed by atoms with Crippen molar-refractivity contribution < 1.29 is 28.5 Å². The summed E-state index contributed by atoms with van der Waals surface area (Å²) in [5, 5.41) is 18.5. The highest BCUT2D eigenvalue weighted by atomic mass is 35.5. The van der Waals surface area contributed by atoms with E-state index in [0.29, 0.717) is 49.1 Å². The maximum Gasteiger partial charge on any atom is 0.304 e. The van der Waals surface area contributed by atoms with Crippen molar-refractivity contribution >= 4 is 39.4 Å². The molecule has 0 saturated heterocycles. The Labute approximate surface area is 232 Å². The zero-order valence-electron chi connectivity index (χ0n) is 21.6. The van der Waals surface area contributed by atoms with Gasteiger partial charge in [-0.1, -0.05) is 41.1 Å². The first-order valence-corrected chi connectivity index (χ1v) is 14.1. The van der Waals surface area contributed by atoms with Gasteiger partial charge in [0.15, 0.2) is 0 Å². The van der Waals surface area contributed by atoms with E-state index in [2.05, 4.69) is 10.3 Å². The van der Waals surface area contributed by atoms with Gasteiger partial charge in [0.1, 0.15) is 33.5 Å². The van der Waals surface area contributed by atoms with Crippen LogP contribution in [0.25, 0.3) is 11.0 Å². The van der Waals surface area contributed by atoms with Crippen LogP contribution in [0.1, 0.15) is 36.0 Å². The summed E-state index contributed by atoms with van der Waals surface area (Å²) in [6.45, 7) is 2.22. The number of carboxylic acids is 1. The summed E-state index contributed by atoms with van der Waals surface area (Å²) in [7, 11) is -0.0796. The summed E-state index contributed by atoms with van der Waals surface area (Å²) in [6, 6.07) is 15.8. The third-order valence-electron chi connectivity index (χ3n) is 6.80. The fourth-order valence-electron chi connectivity index (χ4n) is 4.97. The number of nitrogens with zero attached hydrogens (tertiary/aromatic N) is 4. The highest BCUT2D eigenvalue weighted by Crippen LogP contribution is 2.57. The van der Waals surface area contributed by atoms with Gasteiger partial charge in [-0.05, 0) is 53.9 Å². The second-order valence-corrected chi connectivity index (χ2v) is 11.9. The smallest absolute Gasteiger partial charge is 0.304 e. The molecule has 1 aromatic heterocycles. The molecule has 4 aromatic rings. The zero-order chi connectivity index (χ0) is 27.9. The molecule has 0 fully saturated rings. The van der Waals surface area contributed by atoms with Crippen LogP contribution in [0, 0.1) is 0 Å². The van der Waals surface area contributed by atoms with Crippen LogP contribution in [-0.2, 0) is 18.4 Å². The lowest BCUT2D eigenvalue weighted by Gasteiger charge is -2.41. The Balaban J connectivity index is 1.55. The van der Waals surface area contributed by atoms with Gasteiger partial charge in [0.2, 0.25) is 0 Å². The SMILES string of the molecule is COc1cc(C(CC(=O)O)c2ccc(Cl)c(CN3C[C@@H](C)Oc4ccccc4S3(O)O)c2)cc2nnn(C)c12. The van der Waals surface area contributed by atoms with Gasteiger partial charge in [-0.25, -0.2) is 4.68 Å². The van der Waals surface area contributed by atoms with Crippen LogP contribution < -0.4 is 9.47 Å². The molecular formula is C27H29ClN4O6S. The standard InChI is InChI=1S/C27H29ClN4O6S/c1-16-14-32(39(35,36)25-7-5-4-6-23(25)38-16)15-19-10-17(8-9-21(19)28)20(13-26(33)34)18-11-22-27(24(12-18)37-3)31(2)30-29-22/h4-12,16,20,35-36H,13-15H2,1-3H3,(H,33,34)/t16-,20?/m1/s1. The fraction of sp³-hybridized carbons (Fsp3) is 0.296. The van der Waals surface area contributed by atoms with Crippen molar-refractivity contribution in [3.8, 4) is 11.5 Å². The topological polar surface area (TPSA) is 130 Å². The van der Waals surface area contributed by atoms with E-state index in [0.717, 1.165) is 0 Å². The van der Waals surface area contributed by atoms with Crippen molar-refractivity contribution in [2.75, 3.05) is 13.7 Å². The van der Waals surface area contributed by atoms with E-state index in [1.54, 1.807) is 65.6 Å². The molecule has 3 aromatic carbocycles. The van der Waals surface area contributed by atoms with E-state index < -0.39 is 22.7 Å². The fourth-order valence-corrected chi connectivity index (χ4v) is 6.81. The molecule has 0 spiro atoms. The monoisotopic (exact) mass is 572 g/mol. The molecule has 12 heteroatoms. The summed E-state index contributed by atoms with van der Waals surface area (Å²) < 4.78 is 37.3. The van der Waals surface area contributed by atoms with Gasteiger partial charge in [0, 0.05) is 24.5 Å². The largest absolute Gasteiger partial charge is 0.494 e. The van der Waals surface area contributed by atoms with Crippen LogP contribution in [0.2, 0.25) is 5.02 Å². The first kappa shape index (κ1) is 27.2. The number of para-hydroxylation sites is 1. The molecular weight excluding hydrogens is 544 g/mol. The Morgan fingerprint density at radius 3 is 2.72 bits per heavy atom. The minimum atomic E-state index is -3.38. The summed E-state index contributed by atoms with van der Waals surface area (Å²) in [5.41, 5.74) is 3.32. The molecule has 0 aliphatic carbocycles. The van der Waals surface area contributed by atoms with Crippen LogP contribution in [0.15, 0.2) is 59.5 Å². The minimum Gasteiger partial charge on any atom is -0.494 e. The molecule has 1 aliphatic rings. The van der Waals surface area contributed by atoms with E-state index in [-0.39, 0.29) is 25.6 Å². The highest BCUT2D eigenvalue weighted by molar-refractivity contribution is 8.22. The predicted molar refractivity (Wildman–Crippen MR) is 149 cm³/mol. The molecule has 0 bridgehead atoms. The van der Waals surface area contributed by atoms with Crippen molar-refractivity contribution in [1.29, 1.82) is 0 Å². The molecule has 2 atom stereocenters. The van der Waals surface area contributed by atoms with E-state index in [1.165, 1.54) is 0 Å². The number of rotatable bonds is 7. The Kier molecular flexibility index (Phi) is 7.45. The molecule has 206 valence electrons. The summed E-state index contributed by atoms with van der Waals surface area (Å²) in [6.07, 6.45) is -0.500. The molecule has 2 heterocycles. The zero-order valence-corrected chi connectivity index (χ0v) is 23.2. The number of benzene rings is 3. The molecule has 3 N–H and O–H groups in total. The van der Waals surface area contributed by atoms with Crippen molar-refractivity contribution in [3.63, 3.8) is 0 Å². The van der Waals surface area contributed by atoms with Gasteiger partial charge in [0.25, 0.3) is 0 Å². The molecule has 39 heavy (non-hydrogen) atoms. The average molecular weight is 573 g/mol. The lowest BCUT2D eigenvalue weighted by Crippen LogP contribution is -2.33. The van der Waals surface area contributed by atoms with Gasteiger partial charge >= 0.3 is 5.97 Å². The number of hydrogen-bond acceptors (Lipinski definition) is 8. The molecule has 10 nitrogen and oxygen atoms in total. The molecule has 0 amide bonds. The number of halogens is 1. The van der Waals surface area contributed by atoms with Crippen LogP contribution in [-0.4, -0.2) is 59.2 Å². The summed E-state index contributed by atoms with van der Waals surface area (Å²) >= 11 is 6.60. The van der Waals surface area contributed by atoms with Crippen molar-refractivity contribution in [2.45, 2.75) is 36.8 Å². The van der Waals surface area contributed by atoms with Crippen LogP contribution >= 0.6 is 22.4 Å². The second kappa shape index (κ2) is 10.7. The van der Waals surface area contributed by atoms with Gasteiger partial charge in [-0.2, -0.15) is 4.31 Å². The van der Waals surface area contributed by atoms with E-state index >= 15 is 0 Å². The Bertz CT molecular complexity index is 1540. The predicted octanol–water partition coefficient (Wildman–Crippen LogP) is 5.54. The molecule has 5 rings (SSSR count). The number of aryl methyl sites for hydroxylation is 1. The summed E-state index contributed by atoms with van der Waals surface area (Å²) in [4.78, 5) is 12.3. The Hall–Kier alpha value is -3.35. The number of aliphatic carboxylic acids is 1. The van der Waals surface area contributed by atoms with Crippen molar-refractivity contribution in [3.05, 3.63) is 76.3 Å². The lowest BCUT2D eigenvalue weighted by atomic mass is 9.87. The number of carboxylic acid groups (broad SMARTS) is 1. The maximum atomic E-state index is 11.9. The number of fused-ring (bicyclic) bond motifs is 2. The molecule has 0 saturated carbocycles. The van der Waals surface area contributed by atoms with Crippen molar-refractivity contribution in [1.82, 2.24) is 19.3 Å². The number of methoxy groups -OCH3 is 1. The van der Waals surface area contributed by atoms with Gasteiger partial charge in [0.05, 0.1) is 20.1 Å². The van der Waals surface area contributed by atoms with E-state index in [4.69, 9.17) is 21.1 Å². The third kappa shape index (κ3) is 5.28. The van der Waals surface area contributed by atoms with Gasteiger partial charge in [-0.15, -0.1) is 15.9 Å². The Morgan fingerprint density at radius 1 is 1.21 bits per heavy atom. The lowest BCUT2D eigenvalue weighted by molar-refractivity contribution is -0.137. The molecule has 0 radical (unpaired) electrons. The molecule has 1 aliphatic heterocycles. The van der Waals surface area contributed by atoms with Gasteiger partial charge in [-0.3, -0.25) is 13.9 Å². The van der Waals surface area contributed by atoms with Crippen LogP contribution in [0.5, 0.6) is 11.5 Å². The van der Waals surface area contributed by atoms with E-state index in [9.17, 15) is 19.0 Å². The first-order valence-electron chi connectivity index (χ1n) is 12.2. The van der Waals surface area contributed by atoms with E-state index in [1.807, 2.05) is 19.1 Å². The first-order chi connectivity index (χ1) is 18.6. The van der Waals surface area contributed by atoms with Crippen LogP contribution in [0.4, 0.5) is 0 Å². The summed E-state index contributed by atoms with van der Waals surface area (Å²) in [5.74, 6) is -0.557. The Morgan fingerprint density at radius 2 is 1.97 bits per heavy atom. The maximum absolute atomic E-state index is 11.9. The van der Waals surface area contributed by atoms with Crippen LogP contribution in [0.3, 0.4) is 0 Å². The minimum absolute atomic E-state index is 0.114. The normalized spacial score (nSPS) is 18.6. The number of carbonyl (C=O) groups is 1. The second-order valence-electron chi connectivity index (χ2n) is 9.52. The van der Waals surface area contributed by atoms with Crippen molar-refractivity contribution in [2.24, 2.45) is 7.05 Å². The number of aromatic nitrogens is 3. The number of ether oxygens (including phenoxy) is 2. The number of hydrogen-bond donors (Lipinski definition) is 3. The quantitative estimate of drug-likeness (QED) is 0.261. The van der Waals surface area contributed by atoms with Gasteiger partial charge < -0.3 is 14.6 Å².